The first-order valence-electron chi connectivity index (χ1n) is 8.49. The minimum absolute atomic E-state index is 1.00. The molecular weight excluding hydrogens is 278 g/mol. The molecule has 23 heavy (non-hydrogen) atoms. The summed E-state index contributed by atoms with van der Waals surface area (Å²) in [6, 6.07) is 22.5. The van der Waals surface area contributed by atoms with Crippen LogP contribution in [0.3, 0.4) is 0 Å². The second-order valence-corrected chi connectivity index (χ2v) is 6.45. The topological polar surface area (TPSA) is 4.93 Å². The summed E-state index contributed by atoms with van der Waals surface area (Å²) in [5.74, 6) is 0. The molecule has 0 atom stereocenters. The molecule has 1 heteroatoms. The molecule has 0 unspecified atom stereocenters. The highest BCUT2D eigenvalue weighted by molar-refractivity contribution is 6.09. The molecule has 5 rings (SSSR count). The molecule has 112 valence electrons. The van der Waals surface area contributed by atoms with Crippen LogP contribution < -0.4 is 0 Å². The van der Waals surface area contributed by atoms with Crippen LogP contribution in [0.15, 0.2) is 60.7 Å². The maximum absolute atomic E-state index is 2.45. The number of aromatic nitrogens is 1. The predicted octanol–water partition coefficient (Wildman–Crippen LogP) is 5.58. The van der Waals surface area contributed by atoms with Crippen molar-refractivity contribution >= 4 is 21.8 Å². The Morgan fingerprint density at radius 1 is 0.739 bits per heavy atom. The molecule has 0 saturated carbocycles. The summed E-state index contributed by atoms with van der Waals surface area (Å²) in [5.41, 5.74) is 8.54. The highest BCUT2D eigenvalue weighted by Crippen LogP contribution is 2.39. The standard InChI is InChI=1S/C22H19N/c1-2-23-21-10-6-5-9-18(21)20-13-16-12-11-15-7-3-4-8-17(15)19(16)14-22(20)23/h3-10,13-14H,2,11-12H2,1H3. The summed E-state index contributed by atoms with van der Waals surface area (Å²) in [5, 5.41) is 2.78. The van der Waals surface area contributed by atoms with Crippen LogP contribution in [0, 0.1) is 0 Å². The lowest BCUT2D eigenvalue weighted by Gasteiger charge is -2.20. The van der Waals surface area contributed by atoms with Crippen molar-refractivity contribution in [2.24, 2.45) is 0 Å². The fourth-order valence-corrected chi connectivity index (χ4v) is 4.21. The van der Waals surface area contributed by atoms with E-state index in [1.54, 1.807) is 0 Å². The van der Waals surface area contributed by atoms with E-state index in [0.29, 0.717) is 0 Å². The molecule has 0 amide bonds. The van der Waals surface area contributed by atoms with Gasteiger partial charge in [-0.05, 0) is 60.2 Å². The van der Waals surface area contributed by atoms with Crippen molar-refractivity contribution in [2.45, 2.75) is 26.3 Å². The molecule has 4 aromatic rings. The van der Waals surface area contributed by atoms with E-state index in [4.69, 9.17) is 0 Å². The minimum atomic E-state index is 1.00. The number of aryl methyl sites for hydroxylation is 3. The lowest BCUT2D eigenvalue weighted by Crippen LogP contribution is -2.04. The van der Waals surface area contributed by atoms with E-state index in [2.05, 4.69) is 72.2 Å². The van der Waals surface area contributed by atoms with Crippen molar-refractivity contribution in [3.8, 4) is 11.1 Å². The average molecular weight is 297 g/mol. The minimum Gasteiger partial charge on any atom is -0.341 e. The summed E-state index contributed by atoms with van der Waals surface area (Å²) in [6.45, 7) is 3.24. The fraction of sp³-hybridized carbons (Fsp3) is 0.182. The molecule has 1 nitrogen and oxygen atoms in total. The van der Waals surface area contributed by atoms with E-state index in [1.807, 2.05) is 0 Å². The molecule has 1 aromatic heterocycles. The normalized spacial score (nSPS) is 13.3. The molecule has 1 aliphatic rings. The lowest BCUT2D eigenvalue weighted by atomic mass is 9.85. The van der Waals surface area contributed by atoms with Crippen molar-refractivity contribution < 1.29 is 0 Å². The van der Waals surface area contributed by atoms with Crippen molar-refractivity contribution in [2.75, 3.05) is 0 Å². The van der Waals surface area contributed by atoms with Crippen molar-refractivity contribution in [1.29, 1.82) is 0 Å². The zero-order valence-electron chi connectivity index (χ0n) is 13.3. The smallest absolute Gasteiger partial charge is 0.0497 e. The van der Waals surface area contributed by atoms with Gasteiger partial charge >= 0.3 is 0 Å². The molecule has 0 aliphatic heterocycles. The molecule has 0 radical (unpaired) electrons. The third-order valence-corrected chi connectivity index (χ3v) is 5.28. The number of hydrogen-bond donors (Lipinski definition) is 0. The SMILES string of the molecule is CCn1c2ccccc2c2cc3c(cc21)-c1ccccc1CC3. The Balaban J connectivity index is 1.92. The first-order chi connectivity index (χ1) is 11.4. The summed E-state index contributed by atoms with van der Waals surface area (Å²) < 4.78 is 2.45. The monoisotopic (exact) mass is 297 g/mol. The first kappa shape index (κ1) is 13.0. The van der Waals surface area contributed by atoms with Crippen LogP contribution in [0.5, 0.6) is 0 Å². The Labute approximate surface area is 136 Å². The fourth-order valence-electron chi connectivity index (χ4n) is 4.21. The number of benzene rings is 3. The maximum Gasteiger partial charge on any atom is 0.0497 e. The lowest BCUT2D eigenvalue weighted by molar-refractivity contribution is 0.826. The van der Waals surface area contributed by atoms with Gasteiger partial charge in [-0.15, -0.1) is 0 Å². The van der Waals surface area contributed by atoms with Crippen LogP contribution in [-0.4, -0.2) is 4.57 Å². The molecule has 1 aliphatic carbocycles. The number of nitrogens with zero attached hydrogens (tertiary/aromatic N) is 1. The Morgan fingerprint density at radius 2 is 1.52 bits per heavy atom. The van der Waals surface area contributed by atoms with Crippen LogP contribution in [0.1, 0.15) is 18.1 Å². The van der Waals surface area contributed by atoms with E-state index < -0.39 is 0 Å². The van der Waals surface area contributed by atoms with Gasteiger partial charge in [0.05, 0.1) is 0 Å². The molecule has 0 fully saturated rings. The van der Waals surface area contributed by atoms with Crippen LogP contribution in [-0.2, 0) is 19.4 Å². The Kier molecular flexibility index (Phi) is 2.66. The Hall–Kier alpha value is -2.54. The van der Waals surface area contributed by atoms with E-state index in [-0.39, 0.29) is 0 Å². The molecule has 3 aromatic carbocycles. The zero-order chi connectivity index (χ0) is 15.4. The van der Waals surface area contributed by atoms with Crippen molar-refractivity contribution in [3.63, 3.8) is 0 Å². The van der Waals surface area contributed by atoms with Gasteiger partial charge in [-0.2, -0.15) is 0 Å². The summed E-state index contributed by atoms with van der Waals surface area (Å²) in [6.07, 6.45) is 2.30. The third-order valence-electron chi connectivity index (χ3n) is 5.28. The van der Waals surface area contributed by atoms with Crippen LogP contribution in [0.4, 0.5) is 0 Å². The van der Waals surface area contributed by atoms with E-state index in [9.17, 15) is 0 Å². The second kappa shape index (κ2) is 4.73. The number of hydrogen-bond acceptors (Lipinski definition) is 0. The van der Waals surface area contributed by atoms with Crippen molar-refractivity contribution in [3.05, 3.63) is 71.8 Å². The highest BCUT2D eigenvalue weighted by atomic mass is 15.0. The van der Waals surface area contributed by atoms with E-state index >= 15 is 0 Å². The quantitative estimate of drug-likeness (QED) is 0.432. The van der Waals surface area contributed by atoms with Gasteiger partial charge in [0.25, 0.3) is 0 Å². The van der Waals surface area contributed by atoms with Gasteiger partial charge in [0.2, 0.25) is 0 Å². The van der Waals surface area contributed by atoms with Crippen LogP contribution in [0.2, 0.25) is 0 Å². The van der Waals surface area contributed by atoms with Gasteiger partial charge in [0.15, 0.2) is 0 Å². The third kappa shape index (κ3) is 1.74. The molecule has 0 N–H and O–H groups in total. The highest BCUT2D eigenvalue weighted by Gasteiger charge is 2.19. The van der Waals surface area contributed by atoms with Gasteiger partial charge < -0.3 is 4.57 Å². The summed E-state index contributed by atoms with van der Waals surface area (Å²) in [7, 11) is 0. The number of fused-ring (bicyclic) bond motifs is 6. The summed E-state index contributed by atoms with van der Waals surface area (Å²) in [4.78, 5) is 0. The summed E-state index contributed by atoms with van der Waals surface area (Å²) >= 11 is 0. The number of para-hydroxylation sites is 1. The van der Waals surface area contributed by atoms with Crippen LogP contribution >= 0.6 is 0 Å². The van der Waals surface area contributed by atoms with E-state index in [1.165, 1.54) is 44.1 Å². The predicted molar refractivity (Wildman–Crippen MR) is 98.0 cm³/mol. The maximum atomic E-state index is 2.45. The number of rotatable bonds is 1. The molecule has 0 saturated heterocycles. The average Bonchev–Trinajstić information content (AvgIpc) is 2.93. The molecular formula is C22H19N. The molecule has 0 spiro atoms. The van der Waals surface area contributed by atoms with Gasteiger partial charge in [-0.3, -0.25) is 0 Å². The van der Waals surface area contributed by atoms with E-state index in [0.717, 1.165) is 19.4 Å². The van der Waals surface area contributed by atoms with Gasteiger partial charge in [-0.25, -0.2) is 0 Å². The Bertz CT molecular complexity index is 1050. The van der Waals surface area contributed by atoms with Gasteiger partial charge in [0, 0.05) is 28.4 Å². The van der Waals surface area contributed by atoms with Crippen LogP contribution in [0.25, 0.3) is 32.9 Å². The first-order valence-corrected chi connectivity index (χ1v) is 8.49. The Morgan fingerprint density at radius 3 is 2.43 bits per heavy atom. The second-order valence-electron chi connectivity index (χ2n) is 6.45. The largest absolute Gasteiger partial charge is 0.341 e. The van der Waals surface area contributed by atoms with Gasteiger partial charge in [-0.1, -0.05) is 42.5 Å². The zero-order valence-corrected chi connectivity index (χ0v) is 13.3. The van der Waals surface area contributed by atoms with Gasteiger partial charge in [0.1, 0.15) is 0 Å². The van der Waals surface area contributed by atoms with Crippen molar-refractivity contribution in [1.82, 2.24) is 4.57 Å². The molecule has 0 bridgehead atoms. The molecule has 1 heterocycles.